The Kier molecular flexibility index (Phi) is 6.06. The van der Waals surface area contributed by atoms with Gasteiger partial charge in [-0.05, 0) is 44.6 Å². The summed E-state index contributed by atoms with van der Waals surface area (Å²) in [6, 6.07) is 0. The van der Waals surface area contributed by atoms with Crippen LogP contribution in [-0.4, -0.2) is 22.2 Å². The molecule has 19 heavy (non-hydrogen) atoms. The van der Waals surface area contributed by atoms with Gasteiger partial charge < -0.3 is 5.32 Å². The molecule has 1 amide bonds. The quantitative estimate of drug-likeness (QED) is 0.770. The molecule has 0 spiro atoms. The van der Waals surface area contributed by atoms with Crippen molar-refractivity contribution in [2.45, 2.75) is 53.4 Å². The highest BCUT2D eigenvalue weighted by Gasteiger charge is 2.11. The molecule has 0 aliphatic rings. The molecule has 1 heterocycles. The Morgan fingerprint density at radius 3 is 2.58 bits per heavy atom. The van der Waals surface area contributed by atoms with Gasteiger partial charge in [-0.3, -0.25) is 9.48 Å². The number of rotatable bonds is 7. The Balaban J connectivity index is 2.30. The normalized spacial score (nSPS) is 11.1. The number of carbonyl (C=O) groups is 1. The van der Waals surface area contributed by atoms with Crippen LogP contribution in [0.25, 0.3) is 0 Å². The molecule has 0 aliphatic heterocycles. The molecule has 108 valence electrons. The maximum Gasteiger partial charge on any atom is 0.220 e. The summed E-state index contributed by atoms with van der Waals surface area (Å²) in [5.41, 5.74) is 3.40. The summed E-state index contributed by atoms with van der Waals surface area (Å²) >= 11 is 0. The Labute approximate surface area is 116 Å². The molecule has 0 unspecified atom stereocenters. The summed E-state index contributed by atoms with van der Waals surface area (Å²) in [4.78, 5) is 11.8. The van der Waals surface area contributed by atoms with Crippen LogP contribution in [0.4, 0.5) is 0 Å². The summed E-state index contributed by atoms with van der Waals surface area (Å²) in [6.45, 7) is 9.26. The lowest BCUT2D eigenvalue weighted by Gasteiger charge is -2.07. The third kappa shape index (κ3) is 5.05. The Morgan fingerprint density at radius 1 is 1.37 bits per heavy atom. The number of nitrogens with one attached hydrogen (secondary N) is 1. The van der Waals surface area contributed by atoms with Crippen LogP contribution in [0.2, 0.25) is 0 Å². The van der Waals surface area contributed by atoms with Gasteiger partial charge in [-0.25, -0.2) is 0 Å². The van der Waals surface area contributed by atoms with E-state index in [-0.39, 0.29) is 5.91 Å². The zero-order valence-corrected chi connectivity index (χ0v) is 12.9. The first-order chi connectivity index (χ1) is 8.91. The predicted octanol–water partition coefficient (Wildman–Crippen LogP) is 2.52. The Morgan fingerprint density at radius 2 is 2.05 bits per heavy atom. The van der Waals surface area contributed by atoms with Crippen molar-refractivity contribution in [2.75, 3.05) is 6.54 Å². The molecule has 0 saturated heterocycles. The highest BCUT2D eigenvalue weighted by molar-refractivity contribution is 5.76. The molecule has 1 aromatic rings. The second-order valence-corrected chi connectivity index (χ2v) is 5.66. The first-order valence-corrected chi connectivity index (χ1v) is 7.17. The smallest absolute Gasteiger partial charge is 0.220 e. The molecular weight excluding hydrogens is 238 g/mol. The third-order valence-electron chi connectivity index (χ3n) is 3.54. The molecule has 4 heteroatoms. The SMILES string of the molecule is Cc1nn(C)c(C)c1CCC(=O)NCCCC(C)C. The van der Waals surface area contributed by atoms with Gasteiger partial charge in [0.2, 0.25) is 5.91 Å². The summed E-state index contributed by atoms with van der Waals surface area (Å²) in [5.74, 6) is 0.851. The molecule has 1 N–H and O–H groups in total. The highest BCUT2D eigenvalue weighted by atomic mass is 16.1. The van der Waals surface area contributed by atoms with Crippen LogP contribution >= 0.6 is 0 Å². The summed E-state index contributed by atoms with van der Waals surface area (Å²) < 4.78 is 1.88. The number of nitrogens with zero attached hydrogens (tertiary/aromatic N) is 2. The van der Waals surface area contributed by atoms with Crippen LogP contribution in [0, 0.1) is 19.8 Å². The highest BCUT2D eigenvalue weighted by Crippen LogP contribution is 2.13. The van der Waals surface area contributed by atoms with Crippen molar-refractivity contribution in [3.05, 3.63) is 17.0 Å². The lowest BCUT2D eigenvalue weighted by atomic mass is 10.1. The number of hydrogen-bond donors (Lipinski definition) is 1. The van der Waals surface area contributed by atoms with Gasteiger partial charge >= 0.3 is 0 Å². The van der Waals surface area contributed by atoms with Crippen LogP contribution in [-0.2, 0) is 18.3 Å². The fourth-order valence-electron chi connectivity index (χ4n) is 2.24. The Bertz CT molecular complexity index is 421. The average molecular weight is 265 g/mol. The maximum absolute atomic E-state index is 11.8. The number of carbonyl (C=O) groups excluding carboxylic acids is 1. The van der Waals surface area contributed by atoms with Crippen molar-refractivity contribution < 1.29 is 4.79 Å². The second kappa shape index (κ2) is 7.31. The molecule has 0 fully saturated rings. The number of amides is 1. The van der Waals surface area contributed by atoms with Crippen LogP contribution in [0.5, 0.6) is 0 Å². The van der Waals surface area contributed by atoms with E-state index in [2.05, 4.69) is 31.2 Å². The topological polar surface area (TPSA) is 46.9 Å². The number of aryl methyl sites for hydroxylation is 2. The molecule has 0 atom stereocenters. The van der Waals surface area contributed by atoms with Crippen LogP contribution in [0.1, 0.15) is 50.1 Å². The first kappa shape index (κ1) is 15.7. The molecule has 1 aromatic heterocycles. The predicted molar refractivity (Wildman–Crippen MR) is 78.1 cm³/mol. The monoisotopic (exact) mass is 265 g/mol. The van der Waals surface area contributed by atoms with Crippen molar-refractivity contribution in [3.8, 4) is 0 Å². The molecule has 0 radical (unpaired) electrons. The molecule has 0 bridgehead atoms. The van der Waals surface area contributed by atoms with Gasteiger partial charge in [-0.2, -0.15) is 5.10 Å². The van der Waals surface area contributed by atoms with Gasteiger partial charge in [0.05, 0.1) is 5.69 Å². The molecule has 0 aliphatic carbocycles. The van der Waals surface area contributed by atoms with Crippen LogP contribution in [0.15, 0.2) is 0 Å². The number of hydrogen-bond acceptors (Lipinski definition) is 2. The van der Waals surface area contributed by atoms with E-state index in [9.17, 15) is 4.79 Å². The molecule has 4 nitrogen and oxygen atoms in total. The van der Waals surface area contributed by atoms with E-state index >= 15 is 0 Å². The minimum atomic E-state index is 0.145. The van der Waals surface area contributed by atoms with Crippen molar-refractivity contribution in [3.63, 3.8) is 0 Å². The summed E-state index contributed by atoms with van der Waals surface area (Å²) in [5, 5.41) is 7.36. The van der Waals surface area contributed by atoms with Gasteiger partial charge in [0.15, 0.2) is 0 Å². The van der Waals surface area contributed by atoms with E-state index in [1.165, 1.54) is 12.0 Å². The fraction of sp³-hybridized carbons (Fsp3) is 0.733. The van der Waals surface area contributed by atoms with E-state index in [1.807, 2.05) is 18.7 Å². The second-order valence-electron chi connectivity index (χ2n) is 5.66. The minimum Gasteiger partial charge on any atom is -0.356 e. The van der Waals surface area contributed by atoms with Crippen molar-refractivity contribution in [1.82, 2.24) is 15.1 Å². The standard InChI is InChI=1S/C15H27N3O/c1-11(2)7-6-10-16-15(19)9-8-14-12(3)17-18(5)13(14)4/h11H,6-10H2,1-5H3,(H,16,19). The van der Waals surface area contributed by atoms with Crippen LogP contribution in [0.3, 0.4) is 0 Å². The molecular formula is C15H27N3O. The van der Waals surface area contributed by atoms with E-state index in [1.54, 1.807) is 0 Å². The molecule has 0 aromatic carbocycles. The van der Waals surface area contributed by atoms with Gasteiger partial charge in [0.1, 0.15) is 0 Å². The van der Waals surface area contributed by atoms with Gasteiger partial charge in [-0.15, -0.1) is 0 Å². The van der Waals surface area contributed by atoms with Gasteiger partial charge in [0.25, 0.3) is 0 Å². The average Bonchev–Trinajstić information content (AvgIpc) is 2.57. The maximum atomic E-state index is 11.8. The largest absolute Gasteiger partial charge is 0.356 e. The number of aromatic nitrogens is 2. The minimum absolute atomic E-state index is 0.145. The van der Waals surface area contributed by atoms with Crippen LogP contribution < -0.4 is 5.32 Å². The Hall–Kier alpha value is -1.32. The lowest BCUT2D eigenvalue weighted by Crippen LogP contribution is -2.25. The van der Waals surface area contributed by atoms with Gasteiger partial charge in [0, 0.05) is 25.7 Å². The summed E-state index contributed by atoms with van der Waals surface area (Å²) in [6.07, 6.45) is 3.56. The fourth-order valence-corrected chi connectivity index (χ4v) is 2.24. The van der Waals surface area contributed by atoms with Gasteiger partial charge in [-0.1, -0.05) is 13.8 Å². The third-order valence-corrected chi connectivity index (χ3v) is 3.54. The van der Waals surface area contributed by atoms with E-state index in [0.29, 0.717) is 12.3 Å². The molecule has 1 rings (SSSR count). The zero-order chi connectivity index (χ0) is 14.4. The van der Waals surface area contributed by atoms with Crippen molar-refractivity contribution in [2.24, 2.45) is 13.0 Å². The first-order valence-electron chi connectivity index (χ1n) is 7.17. The zero-order valence-electron chi connectivity index (χ0n) is 12.9. The van der Waals surface area contributed by atoms with Crippen molar-refractivity contribution >= 4 is 5.91 Å². The van der Waals surface area contributed by atoms with Crippen molar-refractivity contribution in [1.29, 1.82) is 0 Å². The molecule has 0 saturated carbocycles. The summed E-state index contributed by atoms with van der Waals surface area (Å²) in [7, 11) is 1.94. The van der Waals surface area contributed by atoms with E-state index in [0.717, 1.165) is 30.8 Å². The van der Waals surface area contributed by atoms with E-state index in [4.69, 9.17) is 0 Å². The lowest BCUT2D eigenvalue weighted by molar-refractivity contribution is -0.121. The van der Waals surface area contributed by atoms with E-state index < -0.39 is 0 Å².